The lowest BCUT2D eigenvalue weighted by Crippen LogP contribution is -2.50. The van der Waals surface area contributed by atoms with Crippen LogP contribution in [0.15, 0.2) is 48.5 Å². The molecule has 186 valence electrons. The molecule has 0 aromatic heterocycles. The number of nitrogens with one attached hydrogen (secondary N) is 4. The molecule has 35 heavy (non-hydrogen) atoms. The van der Waals surface area contributed by atoms with E-state index in [4.69, 9.17) is 10.9 Å². The maximum atomic E-state index is 12.2. The zero-order valence-electron chi connectivity index (χ0n) is 19.9. The van der Waals surface area contributed by atoms with E-state index in [-0.39, 0.29) is 19.0 Å². The molecular formula is C26H33N5O4. The van der Waals surface area contributed by atoms with Crippen LogP contribution in [0.25, 0.3) is 0 Å². The van der Waals surface area contributed by atoms with E-state index in [0.29, 0.717) is 16.8 Å². The van der Waals surface area contributed by atoms with E-state index in [0.717, 1.165) is 18.5 Å². The second kappa shape index (κ2) is 15.2. The van der Waals surface area contributed by atoms with Crippen molar-refractivity contribution in [3.05, 3.63) is 65.2 Å². The normalized spacial score (nSPS) is 11.1. The molecule has 0 saturated heterocycles. The van der Waals surface area contributed by atoms with Crippen LogP contribution in [0.3, 0.4) is 0 Å². The molecule has 0 aliphatic rings. The van der Waals surface area contributed by atoms with Gasteiger partial charge in [0.25, 0.3) is 11.8 Å². The highest BCUT2D eigenvalue weighted by Gasteiger charge is 2.19. The number of benzene rings is 2. The first-order valence-corrected chi connectivity index (χ1v) is 11.6. The van der Waals surface area contributed by atoms with E-state index in [1.165, 1.54) is 24.7 Å². The number of hydroxylamine groups is 1. The molecule has 0 aliphatic heterocycles. The van der Waals surface area contributed by atoms with Gasteiger partial charge in [-0.05, 0) is 61.5 Å². The quantitative estimate of drug-likeness (QED) is 0.118. The van der Waals surface area contributed by atoms with Gasteiger partial charge in [-0.2, -0.15) is 0 Å². The predicted molar refractivity (Wildman–Crippen MR) is 135 cm³/mol. The number of amides is 3. The first-order chi connectivity index (χ1) is 17.0. The second-order valence-corrected chi connectivity index (χ2v) is 7.93. The number of carbonyl (C=O) groups is 3. The monoisotopic (exact) mass is 479 g/mol. The Bertz CT molecular complexity index is 1030. The van der Waals surface area contributed by atoms with Crippen molar-refractivity contribution in [1.82, 2.24) is 16.1 Å². The summed E-state index contributed by atoms with van der Waals surface area (Å²) in [5, 5.41) is 17.1. The lowest BCUT2D eigenvalue weighted by molar-refractivity contribution is -0.130. The average Bonchev–Trinajstić information content (AvgIpc) is 2.88. The van der Waals surface area contributed by atoms with Crippen LogP contribution in [0.2, 0.25) is 0 Å². The van der Waals surface area contributed by atoms with E-state index in [9.17, 15) is 14.4 Å². The zero-order valence-corrected chi connectivity index (χ0v) is 19.9. The first kappa shape index (κ1) is 27.5. The van der Waals surface area contributed by atoms with Crippen molar-refractivity contribution in [3.8, 4) is 11.8 Å². The van der Waals surface area contributed by atoms with Crippen LogP contribution in [0.4, 0.5) is 5.69 Å². The maximum Gasteiger partial charge on any atom is 0.267 e. The SMILES string of the molecule is CCCCCCNCC(=O)Nc1ccc(C#Cc2ccc(C(=O)N[C@@H](CN)C(=O)NO)cc2)cc1. The molecule has 0 aliphatic carbocycles. The lowest BCUT2D eigenvalue weighted by atomic mass is 10.1. The van der Waals surface area contributed by atoms with Gasteiger partial charge in [-0.1, -0.05) is 38.0 Å². The standard InChI is InChI=1S/C26H33N5O4/c1-2-3-4-5-16-28-18-24(32)29-22-14-10-20(11-15-22)7-6-19-8-12-21(13-9-19)25(33)30-23(17-27)26(34)31-35/h8-15,23,28,35H,2-5,16-18,27H2,1H3,(H,29,32)(H,30,33)(H,31,34)/t23-/m0/s1. The summed E-state index contributed by atoms with van der Waals surface area (Å²) in [4.78, 5) is 35.7. The van der Waals surface area contributed by atoms with Crippen LogP contribution in [-0.2, 0) is 9.59 Å². The number of hydrogen-bond acceptors (Lipinski definition) is 6. The third kappa shape index (κ3) is 9.98. The molecule has 2 aromatic carbocycles. The Kier molecular flexibility index (Phi) is 12.0. The van der Waals surface area contributed by atoms with Gasteiger partial charge in [0.05, 0.1) is 6.54 Å². The molecule has 0 fully saturated rings. The Morgan fingerprint density at radius 3 is 2.14 bits per heavy atom. The van der Waals surface area contributed by atoms with E-state index < -0.39 is 17.9 Å². The van der Waals surface area contributed by atoms with E-state index in [1.54, 1.807) is 36.4 Å². The fraction of sp³-hybridized carbons (Fsp3) is 0.346. The molecule has 2 rings (SSSR count). The van der Waals surface area contributed by atoms with Gasteiger partial charge in [0.15, 0.2) is 0 Å². The largest absolute Gasteiger partial charge is 0.339 e. The summed E-state index contributed by atoms with van der Waals surface area (Å²) in [6.45, 7) is 3.13. The minimum atomic E-state index is -1.04. The van der Waals surface area contributed by atoms with Gasteiger partial charge in [-0.3, -0.25) is 19.6 Å². The summed E-state index contributed by atoms with van der Waals surface area (Å²) in [5.74, 6) is 4.69. The molecule has 0 spiro atoms. The number of hydrogen-bond donors (Lipinski definition) is 6. The Morgan fingerprint density at radius 2 is 1.57 bits per heavy atom. The second-order valence-electron chi connectivity index (χ2n) is 7.93. The van der Waals surface area contributed by atoms with Crippen molar-refractivity contribution in [1.29, 1.82) is 0 Å². The molecule has 9 heteroatoms. The molecule has 2 aromatic rings. The van der Waals surface area contributed by atoms with E-state index in [2.05, 4.69) is 34.7 Å². The molecule has 0 heterocycles. The van der Waals surface area contributed by atoms with Gasteiger partial charge < -0.3 is 21.7 Å². The Labute approximate surface area is 205 Å². The molecule has 0 radical (unpaired) electrons. The smallest absolute Gasteiger partial charge is 0.267 e. The average molecular weight is 480 g/mol. The van der Waals surface area contributed by atoms with Crippen molar-refractivity contribution >= 4 is 23.4 Å². The highest BCUT2D eigenvalue weighted by molar-refractivity contribution is 5.97. The van der Waals surface area contributed by atoms with Crippen molar-refractivity contribution in [2.45, 2.75) is 38.6 Å². The number of anilines is 1. The Hall–Kier alpha value is -3.71. The lowest BCUT2D eigenvalue weighted by Gasteiger charge is -2.14. The third-order valence-corrected chi connectivity index (χ3v) is 5.13. The highest BCUT2D eigenvalue weighted by atomic mass is 16.5. The number of nitrogens with two attached hydrogens (primary N) is 1. The van der Waals surface area contributed by atoms with Gasteiger partial charge in [0, 0.05) is 28.9 Å². The fourth-order valence-corrected chi connectivity index (χ4v) is 3.12. The highest BCUT2D eigenvalue weighted by Crippen LogP contribution is 2.09. The fourth-order valence-electron chi connectivity index (χ4n) is 3.12. The molecule has 1 atom stereocenters. The van der Waals surface area contributed by atoms with Crippen LogP contribution in [0.1, 0.15) is 54.1 Å². The third-order valence-electron chi connectivity index (χ3n) is 5.13. The first-order valence-electron chi connectivity index (χ1n) is 11.6. The van der Waals surface area contributed by atoms with E-state index >= 15 is 0 Å². The maximum absolute atomic E-state index is 12.2. The summed E-state index contributed by atoms with van der Waals surface area (Å²) in [5.41, 5.74) is 9.42. The van der Waals surface area contributed by atoms with Crippen LogP contribution < -0.4 is 27.2 Å². The van der Waals surface area contributed by atoms with Gasteiger partial charge >= 0.3 is 0 Å². The summed E-state index contributed by atoms with van der Waals surface area (Å²) in [6, 6.07) is 12.8. The molecule has 0 unspecified atom stereocenters. The van der Waals surface area contributed by atoms with Gasteiger partial charge in [-0.15, -0.1) is 0 Å². The predicted octanol–water partition coefficient (Wildman–Crippen LogP) is 1.76. The minimum absolute atomic E-state index is 0.0850. The van der Waals surface area contributed by atoms with Gasteiger partial charge in [0.1, 0.15) is 6.04 Å². The van der Waals surface area contributed by atoms with Crippen LogP contribution in [0.5, 0.6) is 0 Å². The minimum Gasteiger partial charge on any atom is -0.339 e. The summed E-state index contributed by atoms with van der Waals surface area (Å²) in [7, 11) is 0. The number of carbonyl (C=O) groups excluding carboxylic acids is 3. The number of unbranched alkanes of at least 4 members (excludes halogenated alkanes) is 3. The summed E-state index contributed by atoms with van der Waals surface area (Å²) < 4.78 is 0. The van der Waals surface area contributed by atoms with Gasteiger partial charge in [0.2, 0.25) is 5.91 Å². The molecule has 0 bridgehead atoms. The zero-order chi connectivity index (χ0) is 25.5. The van der Waals surface area contributed by atoms with Crippen molar-refractivity contribution < 1.29 is 19.6 Å². The van der Waals surface area contributed by atoms with Crippen molar-refractivity contribution in [2.24, 2.45) is 5.73 Å². The summed E-state index contributed by atoms with van der Waals surface area (Å²) in [6.07, 6.45) is 4.65. The molecule has 7 N–H and O–H groups in total. The topological polar surface area (TPSA) is 146 Å². The Morgan fingerprint density at radius 1 is 0.943 bits per heavy atom. The van der Waals surface area contributed by atoms with Crippen LogP contribution in [0, 0.1) is 11.8 Å². The van der Waals surface area contributed by atoms with Crippen molar-refractivity contribution in [3.63, 3.8) is 0 Å². The van der Waals surface area contributed by atoms with Crippen molar-refractivity contribution in [2.75, 3.05) is 25.0 Å². The molecule has 9 nitrogen and oxygen atoms in total. The van der Waals surface area contributed by atoms with Gasteiger partial charge in [-0.25, -0.2) is 5.48 Å². The van der Waals surface area contributed by atoms with E-state index in [1.807, 2.05) is 12.1 Å². The molecular weight excluding hydrogens is 446 g/mol. The molecule has 3 amide bonds. The van der Waals surface area contributed by atoms with Crippen LogP contribution in [-0.4, -0.2) is 48.6 Å². The Balaban J connectivity index is 1.85. The molecule has 0 saturated carbocycles. The van der Waals surface area contributed by atoms with Crippen LogP contribution >= 0.6 is 0 Å². The summed E-state index contributed by atoms with van der Waals surface area (Å²) >= 11 is 0. The number of rotatable bonds is 12.